The SMILES string of the molecule is CCCNC(C)CC(=O)OC(C)(C)C. The first-order valence-corrected chi connectivity index (χ1v) is 5.30. The summed E-state index contributed by atoms with van der Waals surface area (Å²) in [6.07, 6.45) is 1.52. The normalized spacial score (nSPS) is 13.8. The number of nitrogens with one attached hydrogen (secondary N) is 1. The van der Waals surface area contributed by atoms with Crippen LogP contribution in [0.1, 0.15) is 47.5 Å². The molecule has 0 heterocycles. The Morgan fingerprint density at radius 2 is 2.00 bits per heavy atom. The van der Waals surface area contributed by atoms with Crippen molar-refractivity contribution in [3.8, 4) is 0 Å². The highest BCUT2D eigenvalue weighted by atomic mass is 16.6. The molecular weight excluding hydrogens is 178 g/mol. The van der Waals surface area contributed by atoms with Crippen LogP contribution in [0.15, 0.2) is 0 Å². The fraction of sp³-hybridized carbons (Fsp3) is 0.909. The van der Waals surface area contributed by atoms with Gasteiger partial charge in [0.2, 0.25) is 0 Å². The Morgan fingerprint density at radius 1 is 1.43 bits per heavy atom. The summed E-state index contributed by atoms with van der Waals surface area (Å²) in [4.78, 5) is 11.4. The van der Waals surface area contributed by atoms with Gasteiger partial charge < -0.3 is 10.1 Å². The van der Waals surface area contributed by atoms with Crippen LogP contribution in [-0.2, 0) is 9.53 Å². The van der Waals surface area contributed by atoms with E-state index in [2.05, 4.69) is 12.2 Å². The van der Waals surface area contributed by atoms with Gasteiger partial charge in [-0.2, -0.15) is 0 Å². The van der Waals surface area contributed by atoms with Gasteiger partial charge in [-0.25, -0.2) is 0 Å². The van der Waals surface area contributed by atoms with Gasteiger partial charge in [0.1, 0.15) is 5.60 Å². The van der Waals surface area contributed by atoms with Gasteiger partial charge in [0.25, 0.3) is 0 Å². The van der Waals surface area contributed by atoms with E-state index in [9.17, 15) is 4.79 Å². The number of carbonyl (C=O) groups excluding carboxylic acids is 1. The number of hydrogen-bond donors (Lipinski definition) is 1. The van der Waals surface area contributed by atoms with Crippen LogP contribution in [-0.4, -0.2) is 24.2 Å². The fourth-order valence-electron chi connectivity index (χ4n) is 1.10. The molecule has 0 aromatic carbocycles. The first kappa shape index (κ1) is 13.4. The lowest BCUT2D eigenvalue weighted by Crippen LogP contribution is -2.32. The summed E-state index contributed by atoms with van der Waals surface area (Å²) >= 11 is 0. The highest BCUT2D eigenvalue weighted by molar-refractivity contribution is 5.70. The summed E-state index contributed by atoms with van der Waals surface area (Å²) in [7, 11) is 0. The molecule has 84 valence electrons. The molecule has 1 unspecified atom stereocenters. The van der Waals surface area contributed by atoms with E-state index in [1.807, 2.05) is 27.7 Å². The zero-order chi connectivity index (χ0) is 11.2. The van der Waals surface area contributed by atoms with Gasteiger partial charge in [-0.05, 0) is 40.7 Å². The molecule has 0 aromatic heterocycles. The topological polar surface area (TPSA) is 38.3 Å². The van der Waals surface area contributed by atoms with Crippen molar-refractivity contribution in [2.24, 2.45) is 0 Å². The average Bonchev–Trinajstić information content (AvgIpc) is 1.96. The van der Waals surface area contributed by atoms with Gasteiger partial charge >= 0.3 is 5.97 Å². The van der Waals surface area contributed by atoms with Crippen molar-refractivity contribution in [2.75, 3.05) is 6.54 Å². The van der Waals surface area contributed by atoms with Gasteiger partial charge in [-0.3, -0.25) is 4.79 Å². The van der Waals surface area contributed by atoms with Crippen molar-refractivity contribution in [1.29, 1.82) is 0 Å². The van der Waals surface area contributed by atoms with Crippen molar-refractivity contribution in [2.45, 2.75) is 59.1 Å². The fourth-order valence-corrected chi connectivity index (χ4v) is 1.10. The van der Waals surface area contributed by atoms with Crippen LogP contribution in [0.5, 0.6) is 0 Å². The van der Waals surface area contributed by atoms with Crippen LogP contribution < -0.4 is 5.32 Å². The van der Waals surface area contributed by atoms with Gasteiger partial charge in [-0.15, -0.1) is 0 Å². The molecule has 0 radical (unpaired) electrons. The molecule has 0 fully saturated rings. The molecule has 0 aliphatic rings. The average molecular weight is 201 g/mol. The van der Waals surface area contributed by atoms with Crippen molar-refractivity contribution in [1.82, 2.24) is 5.32 Å². The summed E-state index contributed by atoms with van der Waals surface area (Å²) in [5, 5.41) is 3.25. The molecule has 0 saturated heterocycles. The molecule has 3 heteroatoms. The Morgan fingerprint density at radius 3 is 2.43 bits per heavy atom. The molecule has 0 saturated carbocycles. The molecule has 1 atom stereocenters. The Kier molecular flexibility index (Phi) is 5.77. The summed E-state index contributed by atoms with van der Waals surface area (Å²) in [5.74, 6) is -0.131. The van der Waals surface area contributed by atoms with Crippen LogP contribution in [0, 0.1) is 0 Å². The summed E-state index contributed by atoms with van der Waals surface area (Å²) in [6.45, 7) is 10.7. The Bertz CT molecular complexity index is 173. The minimum atomic E-state index is -0.373. The standard InChI is InChI=1S/C11H23NO2/c1-6-7-12-9(2)8-10(13)14-11(3,4)5/h9,12H,6-8H2,1-5H3. The minimum Gasteiger partial charge on any atom is -0.460 e. The molecule has 1 N–H and O–H groups in total. The third kappa shape index (κ3) is 8.05. The molecule has 0 spiro atoms. The highest BCUT2D eigenvalue weighted by Gasteiger charge is 2.17. The molecule has 0 bridgehead atoms. The molecular formula is C11H23NO2. The monoisotopic (exact) mass is 201 g/mol. The largest absolute Gasteiger partial charge is 0.460 e. The van der Waals surface area contributed by atoms with Crippen molar-refractivity contribution in [3.63, 3.8) is 0 Å². The second kappa shape index (κ2) is 6.02. The molecule has 0 aliphatic heterocycles. The lowest BCUT2D eigenvalue weighted by molar-refractivity contribution is -0.155. The lowest BCUT2D eigenvalue weighted by atomic mass is 10.2. The molecule has 0 aliphatic carbocycles. The predicted molar refractivity (Wildman–Crippen MR) is 58.2 cm³/mol. The van der Waals surface area contributed by atoms with Crippen molar-refractivity contribution in [3.05, 3.63) is 0 Å². The quantitative estimate of drug-likeness (QED) is 0.692. The van der Waals surface area contributed by atoms with Gasteiger partial charge in [0, 0.05) is 6.04 Å². The summed E-state index contributed by atoms with van der Waals surface area (Å²) in [6, 6.07) is 0.199. The second-order valence-corrected chi connectivity index (χ2v) is 4.65. The predicted octanol–water partition coefficient (Wildman–Crippen LogP) is 2.11. The molecule has 0 aromatic rings. The van der Waals surface area contributed by atoms with Gasteiger partial charge in [-0.1, -0.05) is 6.92 Å². The summed E-state index contributed by atoms with van der Waals surface area (Å²) in [5.41, 5.74) is -0.373. The van der Waals surface area contributed by atoms with Crippen LogP contribution in [0.3, 0.4) is 0 Å². The number of hydrogen-bond acceptors (Lipinski definition) is 3. The third-order valence-electron chi connectivity index (χ3n) is 1.64. The Balaban J connectivity index is 3.71. The van der Waals surface area contributed by atoms with E-state index < -0.39 is 0 Å². The van der Waals surface area contributed by atoms with E-state index in [0.29, 0.717) is 6.42 Å². The van der Waals surface area contributed by atoms with Crippen LogP contribution in [0.4, 0.5) is 0 Å². The maximum absolute atomic E-state index is 11.4. The number of ether oxygens (including phenoxy) is 1. The molecule has 3 nitrogen and oxygen atoms in total. The second-order valence-electron chi connectivity index (χ2n) is 4.65. The van der Waals surface area contributed by atoms with Gasteiger partial charge in [0.15, 0.2) is 0 Å². The van der Waals surface area contributed by atoms with E-state index in [1.165, 1.54) is 0 Å². The summed E-state index contributed by atoms with van der Waals surface area (Å²) < 4.78 is 5.21. The number of carbonyl (C=O) groups is 1. The van der Waals surface area contributed by atoms with Crippen molar-refractivity contribution < 1.29 is 9.53 Å². The van der Waals surface area contributed by atoms with Crippen LogP contribution >= 0.6 is 0 Å². The van der Waals surface area contributed by atoms with E-state index in [-0.39, 0.29) is 17.6 Å². The Labute approximate surface area is 87.2 Å². The first-order chi connectivity index (χ1) is 6.35. The highest BCUT2D eigenvalue weighted by Crippen LogP contribution is 2.09. The number of esters is 1. The van der Waals surface area contributed by atoms with E-state index in [4.69, 9.17) is 4.74 Å². The van der Waals surface area contributed by atoms with E-state index >= 15 is 0 Å². The molecule has 14 heavy (non-hydrogen) atoms. The smallest absolute Gasteiger partial charge is 0.307 e. The van der Waals surface area contributed by atoms with Crippen LogP contribution in [0.25, 0.3) is 0 Å². The van der Waals surface area contributed by atoms with Crippen LogP contribution in [0.2, 0.25) is 0 Å². The third-order valence-corrected chi connectivity index (χ3v) is 1.64. The first-order valence-electron chi connectivity index (χ1n) is 5.30. The van der Waals surface area contributed by atoms with E-state index in [0.717, 1.165) is 13.0 Å². The lowest BCUT2D eigenvalue weighted by Gasteiger charge is -2.21. The number of rotatable bonds is 5. The maximum atomic E-state index is 11.4. The van der Waals surface area contributed by atoms with Crippen molar-refractivity contribution >= 4 is 5.97 Å². The molecule has 0 rings (SSSR count). The Hall–Kier alpha value is -0.570. The zero-order valence-electron chi connectivity index (χ0n) is 10.0. The van der Waals surface area contributed by atoms with Gasteiger partial charge in [0.05, 0.1) is 6.42 Å². The maximum Gasteiger partial charge on any atom is 0.307 e. The minimum absolute atomic E-state index is 0.131. The zero-order valence-corrected chi connectivity index (χ0v) is 10.0. The van der Waals surface area contributed by atoms with E-state index in [1.54, 1.807) is 0 Å². The molecule has 0 amide bonds.